The Bertz CT molecular complexity index is 909. The standard InChI is InChI=1S/C18H13ClO2S.Eu/c19-22(20,21)18-13-7-6-12-17(18)16-11-5-4-10-15(16)14-8-2-1-3-9-14;/h1-13H;. The quantitative estimate of drug-likeness (QED) is 0.497. The molecule has 2 nitrogen and oxygen atoms in total. The Morgan fingerprint density at radius 3 is 1.70 bits per heavy atom. The molecule has 0 aliphatic heterocycles. The van der Waals surface area contributed by atoms with E-state index in [1.807, 2.05) is 60.7 Å². The number of hydrogen-bond acceptors (Lipinski definition) is 2. The van der Waals surface area contributed by atoms with Crippen LogP contribution in [0.5, 0.6) is 0 Å². The maximum atomic E-state index is 11.8. The molecule has 0 aliphatic rings. The first-order valence-corrected chi connectivity index (χ1v) is 9.07. The predicted molar refractivity (Wildman–Crippen MR) is 90.4 cm³/mol. The fraction of sp³-hybridized carbons (Fsp3) is 0. The van der Waals surface area contributed by atoms with Crippen molar-refractivity contribution in [2.75, 3.05) is 0 Å². The molecular weight excluding hydrogens is 468 g/mol. The summed E-state index contributed by atoms with van der Waals surface area (Å²) in [5.74, 6) is 0. The molecule has 0 amide bonds. The van der Waals surface area contributed by atoms with Crippen LogP contribution >= 0.6 is 10.7 Å². The van der Waals surface area contributed by atoms with Gasteiger partial charge in [-0.3, -0.25) is 0 Å². The maximum absolute atomic E-state index is 11.8. The average molecular weight is 481 g/mol. The second kappa shape index (κ2) is 8.04. The van der Waals surface area contributed by atoms with Crippen LogP contribution in [0.3, 0.4) is 0 Å². The average Bonchev–Trinajstić information content (AvgIpc) is 2.55. The summed E-state index contributed by atoms with van der Waals surface area (Å²) >= 11 is 0. The zero-order valence-corrected chi connectivity index (χ0v) is 16.0. The van der Waals surface area contributed by atoms with Crippen molar-refractivity contribution in [3.8, 4) is 22.3 Å². The van der Waals surface area contributed by atoms with Crippen LogP contribution in [0.4, 0.5) is 0 Å². The number of halogens is 1. The first-order chi connectivity index (χ1) is 10.6. The van der Waals surface area contributed by atoms with Crippen molar-refractivity contribution in [1.82, 2.24) is 0 Å². The monoisotopic (exact) mass is 481 g/mol. The van der Waals surface area contributed by atoms with Gasteiger partial charge in [-0.1, -0.05) is 72.8 Å². The predicted octanol–water partition coefficient (Wildman–Crippen LogP) is 4.95. The number of hydrogen-bond donors (Lipinski definition) is 0. The van der Waals surface area contributed by atoms with Crippen molar-refractivity contribution in [1.29, 1.82) is 0 Å². The van der Waals surface area contributed by atoms with Crippen LogP contribution in [0, 0.1) is 49.4 Å². The van der Waals surface area contributed by atoms with E-state index >= 15 is 0 Å². The fourth-order valence-electron chi connectivity index (χ4n) is 2.49. The summed E-state index contributed by atoms with van der Waals surface area (Å²) in [5, 5.41) is 0. The molecule has 0 spiro atoms. The van der Waals surface area contributed by atoms with E-state index in [4.69, 9.17) is 10.7 Å². The van der Waals surface area contributed by atoms with Gasteiger partial charge in [0.15, 0.2) is 0 Å². The maximum Gasteiger partial charge on any atom is 0.261 e. The Morgan fingerprint density at radius 2 is 1.09 bits per heavy atom. The SMILES string of the molecule is O=S(=O)(Cl)c1ccccc1-c1ccccc1-c1ccccc1.[Eu]. The summed E-state index contributed by atoms with van der Waals surface area (Å²) in [4.78, 5) is 0.125. The van der Waals surface area contributed by atoms with Crippen molar-refractivity contribution in [3.63, 3.8) is 0 Å². The second-order valence-corrected chi connectivity index (χ2v) is 7.38. The van der Waals surface area contributed by atoms with Crippen LogP contribution in [-0.4, -0.2) is 8.42 Å². The van der Waals surface area contributed by atoms with Crippen molar-refractivity contribution in [2.24, 2.45) is 0 Å². The first-order valence-electron chi connectivity index (χ1n) is 6.76. The van der Waals surface area contributed by atoms with Gasteiger partial charge in [0.25, 0.3) is 9.05 Å². The van der Waals surface area contributed by atoms with Crippen molar-refractivity contribution in [2.45, 2.75) is 4.90 Å². The van der Waals surface area contributed by atoms with Gasteiger partial charge in [0.1, 0.15) is 0 Å². The smallest absolute Gasteiger partial charge is 0.207 e. The molecule has 0 aromatic heterocycles. The van der Waals surface area contributed by atoms with E-state index in [-0.39, 0.29) is 54.3 Å². The second-order valence-electron chi connectivity index (χ2n) is 4.85. The van der Waals surface area contributed by atoms with Crippen molar-refractivity contribution >= 4 is 19.7 Å². The van der Waals surface area contributed by atoms with Gasteiger partial charge in [-0.05, 0) is 22.8 Å². The molecule has 5 heteroatoms. The van der Waals surface area contributed by atoms with E-state index in [1.165, 1.54) is 6.07 Å². The van der Waals surface area contributed by atoms with E-state index in [1.54, 1.807) is 12.1 Å². The molecular formula is C18H13ClEuO2S. The zero-order valence-electron chi connectivity index (χ0n) is 12.0. The van der Waals surface area contributed by atoms with E-state index in [9.17, 15) is 8.42 Å². The van der Waals surface area contributed by atoms with Crippen LogP contribution in [0.25, 0.3) is 22.3 Å². The van der Waals surface area contributed by atoms with Gasteiger partial charge in [0.05, 0.1) is 4.90 Å². The molecule has 0 N–H and O–H groups in total. The molecule has 3 rings (SSSR count). The third-order valence-corrected chi connectivity index (χ3v) is 4.83. The summed E-state index contributed by atoms with van der Waals surface area (Å²) in [5.41, 5.74) is 3.45. The molecule has 0 saturated carbocycles. The number of benzene rings is 3. The topological polar surface area (TPSA) is 34.1 Å². The molecule has 0 bridgehead atoms. The molecule has 0 unspecified atom stereocenters. The van der Waals surface area contributed by atoms with Crippen LogP contribution < -0.4 is 0 Å². The molecule has 3 aromatic carbocycles. The molecule has 23 heavy (non-hydrogen) atoms. The Hall–Kier alpha value is -0.516. The van der Waals surface area contributed by atoms with Crippen LogP contribution in [0.1, 0.15) is 0 Å². The molecule has 0 saturated heterocycles. The minimum Gasteiger partial charge on any atom is -0.207 e. The van der Waals surface area contributed by atoms with Gasteiger partial charge in [-0.15, -0.1) is 0 Å². The Kier molecular flexibility index (Phi) is 6.58. The first kappa shape index (κ1) is 18.8. The van der Waals surface area contributed by atoms with Crippen LogP contribution in [0.15, 0.2) is 83.8 Å². The van der Waals surface area contributed by atoms with Crippen molar-refractivity contribution < 1.29 is 57.8 Å². The van der Waals surface area contributed by atoms with E-state index in [0.717, 1.165) is 16.7 Å². The summed E-state index contributed by atoms with van der Waals surface area (Å²) in [6.07, 6.45) is 0. The molecule has 1 radical (unpaired) electrons. The minimum absolute atomic E-state index is 0. The van der Waals surface area contributed by atoms with Gasteiger partial charge in [0.2, 0.25) is 0 Å². The van der Waals surface area contributed by atoms with E-state index < -0.39 is 9.05 Å². The van der Waals surface area contributed by atoms with Gasteiger partial charge < -0.3 is 0 Å². The summed E-state index contributed by atoms with van der Waals surface area (Å²) in [7, 11) is 1.78. The fourth-order valence-corrected chi connectivity index (χ4v) is 3.57. The normalized spacial score (nSPS) is 10.8. The van der Waals surface area contributed by atoms with Gasteiger partial charge in [0, 0.05) is 65.6 Å². The van der Waals surface area contributed by atoms with E-state index in [2.05, 4.69) is 0 Å². The van der Waals surface area contributed by atoms with Crippen LogP contribution in [0.2, 0.25) is 0 Å². The number of rotatable bonds is 3. The Morgan fingerprint density at radius 1 is 0.609 bits per heavy atom. The molecule has 3 aromatic rings. The molecule has 0 heterocycles. The molecule has 117 valence electrons. The molecule has 0 fully saturated rings. The molecule has 0 aliphatic carbocycles. The van der Waals surface area contributed by atoms with Gasteiger partial charge in [-0.25, -0.2) is 8.42 Å². The molecule has 0 atom stereocenters. The van der Waals surface area contributed by atoms with Crippen molar-refractivity contribution in [3.05, 3.63) is 78.9 Å². The van der Waals surface area contributed by atoms with Gasteiger partial charge >= 0.3 is 0 Å². The third kappa shape index (κ3) is 4.31. The van der Waals surface area contributed by atoms with Crippen LogP contribution in [-0.2, 0) is 9.05 Å². The Balaban J connectivity index is 0.00000192. The summed E-state index contributed by atoms with van der Waals surface area (Å²) in [6, 6.07) is 24.3. The Labute approximate surface area is 181 Å². The zero-order chi connectivity index (χ0) is 15.6. The minimum atomic E-state index is -3.81. The van der Waals surface area contributed by atoms with E-state index in [0.29, 0.717) is 5.56 Å². The summed E-state index contributed by atoms with van der Waals surface area (Å²) in [6.45, 7) is 0. The summed E-state index contributed by atoms with van der Waals surface area (Å²) < 4.78 is 23.7. The third-order valence-electron chi connectivity index (χ3n) is 3.45. The van der Waals surface area contributed by atoms with Gasteiger partial charge in [-0.2, -0.15) is 0 Å². The largest absolute Gasteiger partial charge is 0.261 e.